The number of hydrogen-bond acceptors (Lipinski definition) is 4. The van der Waals surface area contributed by atoms with Gasteiger partial charge in [0, 0.05) is 45.3 Å². The summed E-state index contributed by atoms with van der Waals surface area (Å²) in [4.78, 5) is 8.30. The lowest BCUT2D eigenvalue weighted by atomic mass is 10.2. The third-order valence-corrected chi connectivity index (χ3v) is 5.17. The van der Waals surface area contributed by atoms with E-state index in [1.54, 1.807) is 7.05 Å². The normalized spacial score (nSPS) is 16.6. The van der Waals surface area contributed by atoms with Crippen LogP contribution in [-0.2, 0) is 6.54 Å². The average Bonchev–Trinajstić information content (AvgIpc) is 3.19. The van der Waals surface area contributed by atoms with Crippen molar-refractivity contribution in [2.24, 2.45) is 4.99 Å². The molecule has 3 rings (SSSR count). The third kappa shape index (κ3) is 6.82. The molecule has 6 nitrogen and oxygen atoms in total. The van der Waals surface area contributed by atoms with Crippen LogP contribution in [0.2, 0.25) is 0 Å². The molecule has 2 aromatic carbocycles. The lowest BCUT2D eigenvalue weighted by Gasteiger charge is -2.21. The summed E-state index contributed by atoms with van der Waals surface area (Å²) in [6.45, 7) is 3.43. The van der Waals surface area contributed by atoms with Crippen molar-refractivity contribution in [3.63, 3.8) is 0 Å². The maximum absolute atomic E-state index is 14.1. The van der Waals surface area contributed by atoms with E-state index in [9.17, 15) is 8.78 Å². The Morgan fingerprint density at radius 3 is 2.81 bits per heavy atom. The first-order chi connectivity index (χ1) is 14.9. The van der Waals surface area contributed by atoms with Gasteiger partial charge in [-0.2, -0.15) is 0 Å². The van der Waals surface area contributed by atoms with Crippen molar-refractivity contribution in [3.8, 4) is 5.75 Å². The molecule has 0 aromatic heterocycles. The number of nitrogens with one attached hydrogen (secondary N) is 2. The fraction of sp³-hybridized carbons (Fsp3) is 0.435. The van der Waals surface area contributed by atoms with Crippen molar-refractivity contribution in [1.82, 2.24) is 15.5 Å². The summed E-state index contributed by atoms with van der Waals surface area (Å²) in [5, 5.41) is 6.71. The highest BCUT2D eigenvalue weighted by molar-refractivity contribution is 5.80. The van der Waals surface area contributed by atoms with E-state index in [0.29, 0.717) is 37.9 Å². The minimum absolute atomic E-state index is 0.122. The Morgan fingerprint density at radius 1 is 1.23 bits per heavy atom. The van der Waals surface area contributed by atoms with Gasteiger partial charge in [-0.05, 0) is 50.3 Å². The Bertz CT molecular complexity index is 890. The number of ether oxygens (including phenoxy) is 1. The Labute approximate surface area is 182 Å². The largest absolute Gasteiger partial charge is 0.492 e. The Kier molecular flexibility index (Phi) is 8.06. The zero-order valence-corrected chi connectivity index (χ0v) is 18.4. The van der Waals surface area contributed by atoms with Gasteiger partial charge in [-0.15, -0.1) is 0 Å². The van der Waals surface area contributed by atoms with Gasteiger partial charge in [0.1, 0.15) is 24.0 Å². The smallest absolute Gasteiger partial charge is 0.191 e. The zero-order chi connectivity index (χ0) is 22.2. The van der Waals surface area contributed by atoms with E-state index in [-0.39, 0.29) is 6.04 Å². The molecule has 0 aliphatic carbocycles. The summed E-state index contributed by atoms with van der Waals surface area (Å²) in [6, 6.07) is 11.8. The standard InChI is InChI=1S/C23H31F2N5O/c1-26-23(27-15-17-5-4-6-20(13-17)31-12-11-29(2)3)28-19-9-10-30(16-19)22-8-7-18(24)14-21(22)25/h4-8,13-14,19H,9-12,15-16H2,1-3H3,(H2,26,27,28). The summed E-state index contributed by atoms with van der Waals surface area (Å²) < 4.78 is 33.0. The van der Waals surface area contributed by atoms with E-state index in [0.717, 1.165) is 30.3 Å². The Morgan fingerprint density at radius 2 is 2.06 bits per heavy atom. The molecule has 1 heterocycles. The Hall–Kier alpha value is -2.87. The van der Waals surface area contributed by atoms with Crippen molar-refractivity contribution in [2.75, 3.05) is 52.3 Å². The molecule has 1 saturated heterocycles. The molecule has 0 saturated carbocycles. The van der Waals surface area contributed by atoms with Crippen LogP contribution < -0.4 is 20.3 Å². The van der Waals surface area contributed by atoms with Crippen LogP contribution in [-0.4, -0.2) is 64.3 Å². The van der Waals surface area contributed by atoms with E-state index < -0.39 is 11.6 Å². The van der Waals surface area contributed by atoms with Gasteiger partial charge >= 0.3 is 0 Å². The number of nitrogens with zero attached hydrogens (tertiary/aromatic N) is 3. The lowest BCUT2D eigenvalue weighted by molar-refractivity contribution is 0.261. The maximum Gasteiger partial charge on any atom is 0.191 e. The number of anilines is 1. The number of aliphatic imine (C=N–C) groups is 1. The quantitative estimate of drug-likeness (QED) is 0.497. The molecular weight excluding hydrogens is 400 g/mol. The molecule has 1 fully saturated rings. The molecule has 0 spiro atoms. The van der Waals surface area contributed by atoms with Crippen LogP contribution in [0, 0.1) is 11.6 Å². The van der Waals surface area contributed by atoms with Gasteiger partial charge in [-0.25, -0.2) is 8.78 Å². The summed E-state index contributed by atoms with van der Waals surface area (Å²) in [7, 11) is 5.76. The van der Waals surface area contributed by atoms with Crippen LogP contribution in [0.25, 0.3) is 0 Å². The minimum atomic E-state index is -0.563. The maximum atomic E-state index is 14.1. The number of rotatable bonds is 8. The monoisotopic (exact) mass is 431 g/mol. The highest BCUT2D eigenvalue weighted by Gasteiger charge is 2.25. The fourth-order valence-corrected chi connectivity index (χ4v) is 3.50. The van der Waals surface area contributed by atoms with Crippen LogP contribution in [0.15, 0.2) is 47.5 Å². The zero-order valence-electron chi connectivity index (χ0n) is 18.4. The molecule has 2 N–H and O–H groups in total. The topological polar surface area (TPSA) is 52.1 Å². The minimum Gasteiger partial charge on any atom is -0.492 e. The van der Waals surface area contributed by atoms with E-state index in [2.05, 4.69) is 20.5 Å². The van der Waals surface area contributed by atoms with E-state index in [4.69, 9.17) is 4.74 Å². The highest BCUT2D eigenvalue weighted by Crippen LogP contribution is 2.24. The van der Waals surface area contributed by atoms with Crippen molar-refractivity contribution >= 4 is 11.6 Å². The van der Waals surface area contributed by atoms with Crippen molar-refractivity contribution in [3.05, 3.63) is 59.7 Å². The second kappa shape index (κ2) is 10.9. The third-order valence-electron chi connectivity index (χ3n) is 5.17. The van der Waals surface area contributed by atoms with Gasteiger partial charge in [0.05, 0.1) is 5.69 Å². The Balaban J connectivity index is 1.49. The van der Waals surface area contributed by atoms with Crippen LogP contribution >= 0.6 is 0 Å². The lowest BCUT2D eigenvalue weighted by Crippen LogP contribution is -2.44. The molecule has 31 heavy (non-hydrogen) atoms. The number of likely N-dealkylation sites (N-methyl/N-ethyl adjacent to an activating group) is 1. The second-order valence-corrected chi connectivity index (χ2v) is 7.90. The summed E-state index contributed by atoms with van der Waals surface area (Å²) in [5.41, 5.74) is 1.52. The van der Waals surface area contributed by atoms with E-state index in [1.807, 2.05) is 43.3 Å². The number of hydrogen-bond donors (Lipinski definition) is 2. The number of benzene rings is 2. The van der Waals surface area contributed by atoms with Gasteiger partial charge < -0.3 is 25.2 Å². The van der Waals surface area contributed by atoms with E-state index in [1.165, 1.54) is 12.1 Å². The second-order valence-electron chi connectivity index (χ2n) is 7.90. The first kappa shape index (κ1) is 22.8. The van der Waals surface area contributed by atoms with Gasteiger partial charge in [0.25, 0.3) is 0 Å². The average molecular weight is 432 g/mol. The van der Waals surface area contributed by atoms with Gasteiger partial charge in [0.15, 0.2) is 5.96 Å². The van der Waals surface area contributed by atoms with Crippen LogP contribution in [0.5, 0.6) is 5.75 Å². The predicted octanol–water partition coefficient (Wildman–Crippen LogP) is 2.85. The van der Waals surface area contributed by atoms with Crippen LogP contribution in [0.1, 0.15) is 12.0 Å². The van der Waals surface area contributed by atoms with Crippen molar-refractivity contribution in [1.29, 1.82) is 0 Å². The molecule has 1 atom stereocenters. The number of halogens is 2. The molecule has 168 valence electrons. The molecule has 1 aliphatic heterocycles. The van der Waals surface area contributed by atoms with Crippen molar-refractivity contribution in [2.45, 2.75) is 19.0 Å². The predicted molar refractivity (Wildman–Crippen MR) is 121 cm³/mol. The molecule has 0 bridgehead atoms. The SMILES string of the molecule is CN=C(NCc1cccc(OCCN(C)C)c1)NC1CCN(c2ccc(F)cc2F)C1. The molecule has 0 amide bonds. The van der Waals surface area contributed by atoms with Gasteiger partial charge in [0.2, 0.25) is 0 Å². The van der Waals surface area contributed by atoms with Gasteiger partial charge in [-0.1, -0.05) is 12.1 Å². The van der Waals surface area contributed by atoms with Gasteiger partial charge in [-0.3, -0.25) is 4.99 Å². The summed E-state index contributed by atoms with van der Waals surface area (Å²) in [6.07, 6.45) is 0.840. The summed E-state index contributed by atoms with van der Waals surface area (Å²) >= 11 is 0. The first-order valence-electron chi connectivity index (χ1n) is 10.5. The molecule has 2 aromatic rings. The van der Waals surface area contributed by atoms with Crippen molar-refractivity contribution < 1.29 is 13.5 Å². The first-order valence-corrected chi connectivity index (χ1v) is 10.5. The van der Waals surface area contributed by atoms with Crippen LogP contribution in [0.4, 0.5) is 14.5 Å². The molecule has 1 aliphatic rings. The molecule has 0 radical (unpaired) electrons. The summed E-state index contributed by atoms with van der Waals surface area (Å²) in [5.74, 6) is 0.435. The molecule has 8 heteroatoms. The van der Waals surface area contributed by atoms with Crippen LogP contribution in [0.3, 0.4) is 0 Å². The molecular formula is C23H31F2N5O. The fourth-order valence-electron chi connectivity index (χ4n) is 3.50. The molecule has 1 unspecified atom stereocenters. The highest BCUT2D eigenvalue weighted by atomic mass is 19.1. The van der Waals surface area contributed by atoms with E-state index >= 15 is 0 Å². The number of guanidine groups is 1.